The fourth-order valence-electron chi connectivity index (χ4n) is 6.45. The van der Waals surface area contributed by atoms with Crippen molar-refractivity contribution in [1.29, 1.82) is 0 Å². The van der Waals surface area contributed by atoms with Gasteiger partial charge in [-0.3, -0.25) is 43.5 Å². The molecule has 0 saturated carbocycles. The number of carboxylic acid groups (broad SMARTS) is 1. The van der Waals surface area contributed by atoms with E-state index >= 15 is 0 Å². The number of aliphatic imine (C=N–C) groups is 2. The van der Waals surface area contributed by atoms with E-state index in [4.69, 9.17) is 28.7 Å². The van der Waals surface area contributed by atoms with Crippen molar-refractivity contribution < 1.29 is 48.6 Å². The third-order valence-corrected chi connectivity index (χ3v) is 13.4. The number of aliphatic carboxylic acids is 1. The smallest absolute Gasteiger partial charge is 0.326 e. The van der Waals surface area contributed by atoms with Gasteiger partial charge in [0.2, 0.25) is 41.4 Å². The van der Waals surface area contributed by atoms with Crippen LogP contribution in [0.2, 0.25) is 0 Å². The summed E-state index contributed by atoms with van der Waals surface area (Å²) in [5.41, 5.74) is 29.1. The van der Waals surface area contributed by atoms with Crippen LogP contribution in [0.3, 0.4) is 0 Å². The zero-order chi connectivity index (χ0) is 51.1. The summed E-state index contributed by atoms with van der Waals surface area (Å²) in [5.74, 6) is -7.44. The molecule has 0 aliphatic carbocycles. The van der Waals surface area contributed by atoms with Gasteiger partial charge in [-0.15, -0.1) is 0 Å². The molecule has 19 N–H and O–H groups in total. The molecule has 0 bridgehead atoms. The normalized spacial score (nSPS) is 19.4. The van der Waals surface area contributed by atoms with Gasteiger partial charge >= 0.3 is 5.97 Å². The summed E-state index contributed by atoms with van der Waals surface area (Å²) in [6.07, 6.45) is -0.536. The number of benzene rings is 2. The van der Waals surface area contributed by atoms with Gasteiger partial charge < -0.3 is 76.1 Å². The number of nitrogens with zero attached hydrogens (tertiary/aromatic N) is 2. The van der Waals surface area contributed by atoms with E-state index in [9.17, 15) is 48.6 Å². The lowest BCUT2D eigenvalue weighted by Crippen LogP contribution is -2.59. The van der Waals surface area contributed by atoms with E-state index in [2.05, 4.69) is 47.2 Å². The molecule has 1 fully saturated rings. The average molecular weight is 1000 g/mol. The predicted molar refractivity (Wildman–Crippen MR) is 262 cm³/mol. The molecule has 2 aromatic carbocycles. The first-order valence-electron chi connectivity index (χ1n) is 21.9. The zero-order valence-corrected chi connectivity index (χ0v) is 40.0. The Hall–Kier alpha value is -6.80. The van der Waals surface area contributed by atoms with Crippen molar-refractivity contribution in [3.8, 4) is 5.75 Å². The highest BCUT2D eigenvalue weighted by molar-refractivity contribution is 8.77. The summed E-state index contributed by atoms with van der Waals surface area (Å²) in [6, 6.07) is 6.54. The molecule has 0 radical (unpaired) electrons. The fraction of sp³-hybridized carbons (Fsp3) is 0.488. The van der Waals surface area contributed by atoms with Crippen molar-refractivity contribution >= 4 is 80.8 Å². The molecule has 69 heavy (non-hydrogen) atoms. The molecule has 3 rings (SSSR count). The summed E-state index contributed by atoms with van der Waals surface area (Å²) in [5, 5.41) is 37.5. The SMILES string of the molecule is CC1(C)CNC(=O)CC(C(=O)NC(CCCN=C(N)N)C(=O)NC(CCCN=C(N)N)C(=O)O)NC(=O)C(Cc2ccccc2)NC(=O)CNC(=O)C(NC(=O)C(N)Cc2ccc(O)cc2)CSS1. The van der Waals surface area contributed by atoms with Gasteiger partial charge in [0.05, 0.1) is 19.0 Å². The summed E-state index contributed by atoms with van der Waals surface area (Å²) in [6.45, 7) is 3.09. The second-order valence-electron chi connectivity index (χ2n) is 16.6. The van der Waals surface area contributed by atoms with Gasteiger partial charge in [-0.05, 0) is 69.2 Å². The molecule has 1 heterocycles. The van der Waals surface area contributed by atoms with E-state index in [0.29, 0.717) is 11.1 Å². The van der Waals surface area contributed by atoms with Crippen LogP contribution in [0, 0.1) is 0 Å². The van der Waals surface area contributed by atoms with Crippen molar-refractivity contribution in [1.82, 2.24) is 37.2 Å². The van der Waals surface area contributed by atoms with Crippen molar-refractivity contribution in [3.63, 3.8) is 0 Å². The van der Waals surface area contributed by atoms with Crippen LogP contribution in [-0.4, -0.2) is 142 Å². The molecule has 2 aromatic rings. The Kier molecular flexibility index (Phi) is 23.4. The van der Waals surface area contributed by atoms with Crippen LogP contribution in [-0.2, 0) is 51.2 Å². The second kappa shape index (κ2) is 28.5. The maximum absolute atomic E-state index is 14.2. The third kappa shape index (κ3) is 21.8. The minimum absolute atomic E-state index is 0.000321. The third-order valence-electron chi connectivity index (χ3n) is 10.1. The minimum Gasteiger partial charge on any atom is -0.508 e. The first-order valence-corrected chi connectivity index (χ1v) is 24.2. The summed E-state index contributed by atoms with van der Waals surface area (Å²) >= 11 is 0. The Labute approximate surface area is 407 Å². The lowest BCUT2D eigenvalue weighted by atomic mass is 10.0. The lowest BCUT2D eigenvalue weighted by Gasteiger charge is -2.28. The molecule has 6 unspecified atom stereocenters. The van der Waals surface area contributed by atoms with Gasteiger partial charge in [-0.25, -0.2) is 4.79 Å². The largest absolute Gasteiger partial charge is 0.508 e. The van der Waals surface area contributed by atoms with Crippen LogP contribution in [0.5, 0.6) is 5.75 Å². The van der Waals surface area contributed by atoms with Gasteiger partial charge in [0.15, 0.2) is 11.9 Å². The van der Waals surface area contributed by atoms with Crippen LogP contribution in [0.1, 0.15) is 57.1 Å². The molecular formula is C43H64N14O10S2. The van der Waals surface area contributed by atoms with Crippen molar-refractivity contribution in [2.24, 2.45) is 38.7 Å². The van der Waals surface area contributed by atoms with Crippen LogP contribution in [0.15, 0.2) is 64.6 Å². The van der Waals surface area contributed by atoms with Gasteiger partial charge in [-0.1, -0.05) is 64.1 Å². The Bertz CT molecular complexity index is 2140. The quantitative estimate of drug-likeness (QED) is 0.0287. The van der Waals surface area contributed by atoms with E-state index in [1.54, 1.807) is 56.3 Å². The Morgan fingerprint density at radius 2 is 1.42 bits per heavy atom. The Balaban J connectivity index is 1.91. The monoisotopic (exact) mass is 1000 g/mol. The number of carbonyl (C=O) groups is 8. The Morgan fingerprint density at radius 1 is 0.797 bits per heavy atom. The molecule has 7 amide bonds. The van der Waals surface area contributed by atoms with Crippen molar-refractivity contribution in [2.45, 2.75) is 99.8 Å². The molecule has 0 spiro atoms. The number of guanidine groups is 2. The van der Waals surface area contributed by atoms with Gasteiger partial charge in [0, 0.05) is 36.6 Å². The summed E-state index contributed by atoms with van der Waals surface area (Å²) in [7, 11) is 2.48. The highest BCUT2D eigenvalue weighted by Gasteiger charge is 2.34. The number of nitrogens with two attached hydrogens (primary N) is 5. The number of nitrogens with one attached hydrogen (secondary N) is 7. The summed E-state index contributed by atoms with van der Waals surface area (Å²) in [4.78, 5) is 116. The molecule has 1 saturated heterocycles. The molecule has 378 valence electrons. The van der Waals surface area contributed by atoms with Gasteiger partial charge in [0.25, 0.3) is 0 Å². The second-order valence-corrected chi connectivity index (χ2v) is 19.6. The van der Waals surface area contributed by atoms with Crippen LogP contribution in [0.25, 0.3) is 0 Å². The number of carboxylic acids is 1. The van der Waals surface area contributed by atoms with Gasteiger partial charge in [0.1, 0.15) is 36.0 Å². The standard InChI is InChI=1S/C43H64N14O10S2/c1-43(2)23-52-33(59)20-31(39(65)54-28(10-6-16-49-41(45)46)37(63)55-29(40(66)67)11-7-17-50-42(47)48)56-38(64)30(19-24-8-4-3-5-9-24)53-34(60)21-51-36(62)32(22-68-69-43)57-35(61)27(44)18-25-12-14-26(58)15-13-25/h3-5,8-9,12-15,27-32,58H,6-7,10-11,16-23,44H2,1-2H3,(H,51,62)(H,52,59)(H,53,60)(H,54,65)(H,55,63)(H,56,64)(H,57,61)(H,66,67)(H4,45,46,49)(H4,47,48,50). The number of hydrogen-bond acceptors (Lipinski definition) is 14. The van der Waals surface area contributed by atoms with E-state index in [-0.39, 0.29) is 81.6 Å². The predicted octanol–water partition coefficient (Wildman–Crippen LogP) is -3.08. The van der Waals surface area contributed by atoms with Crippen LogP contribution < -0.4 is 65.9 Å². The molecule has 1 aliphatic rings. The summed E-state index contributed by atoms with van der Waals surface area (Å²) < 4.78 is -0.726. The first-order chi connectivity index (χ1) is 32.6. The topological polar surface area (TPSA) is 416 Å². The Morgan fingerprint density at radius 3 is 2.03 bits per heavy atom. The number of hydrogen-bond donors (Lipinski definition) is 14. The number of rotatable bonds is 19. The highest BCUT2D eigenvalue weighted by atomic mass is 33.1. The number of phenols is 1. The minimum atomic E-state index is -1.65. The number of amides is 7. The number of aromatic hydroxyl groups is 1. The zero-order valence-electron chi connectivity index (χ0n) is 38.4. The van der Waals surface area contributed by atoms with E-state index in [1.165, 1.54) is 33.7 Å². The first kappa shape index (κ1) is 56.5. The number of carbonyl (C=O) groups excluding carboxylic acids is 7. The maximum Gasteiger partial charge on any atom is 0.326 e. The maximum atomic E-state index is 14.2. The van der Waals surface area contributed by atoms with E-state index in [0.717, 1.165) is 0 Å². The molecular weight excluding hydrogens is 937 g/mol. The van der Waals surface area contributed by atoms with E-state index < -0.39 is 101 Å². The molecule has 1 aliphatic heterocycles. The molecule has 24 nitrogen and oxygen atoms in total. The fourth-order valence-corrected chi connectivity index (χ4v) is 9.09. The highest BCUT2D eigenvalue weighted by Crippen LogP contribution is 2.35. The van der Waals surface area contributed by atoms with Crippen molar-refractivity contribution in [2.75, 3.05) is 31.9 Å². The van der Waals surface area contributed by atoms with E-state index in [1.807, 2.05) is 0 Å². The molecule has 6 atom stereocenters. The van der Waals surface area contributed by atoms with Gasteiger partial charge in [-0.2, -0.15) is 0 Å². The van der Waals surface area contributed by atoms with Crippen LogP contribution in [0.4, 0.5) is 0 Å². The van der Waals surface area contributed by atoms with Crippen molar-refractivity contribution in [3.05, 3.63) is 65.7 Å². The molecule has 0 aromatic heterocycles. The lowest BCUT2D eigenvalue weighted by molar-refractivity contribution is -0.142. The molecule has 26 heteroatoms. The van der Waals surface area contributed by atoms with Crippen LogP contribution >= 0.6 is 21.6 Å². The number of phenolic OH excluding ortho intramolecular Hbond substituents is 1. The average Bonchev–Trinajstić information content (AvgIpc) is 3.29.